The standard InChI is InChI=1S/C18H29N5O.HI/c1-18(2,3)21-17(19-4)20-14-16(24)23-12-10-22(11-13-23)15-8-6-5-7-9-15;/h5-9H,10-14H2,1-4H3,(H2,19,20,21);1H. The number of carbonyl (C=O) groups excluding carboxylic acids is 1. The molecule has 0 spiro atoms. The lowest BCUT2D eigenvalue weighted by Gasteiger charge is -2.36. The van der Waals surface area contributed by atoms with Crippen molar-refractivity contribution in [2.45, 2.75) is 26.3 Å². The quantitative estimate of drug-likeness (QED) is 0.412. The monoisotopic (exact) mass is 459 g/mol. The van der Waals surface area contributed by atoms with Gasteiger partial charge in [-0.1, -0.05) is 18.2 Å². The fraction of sp³-hybridized carbons (Fsp3) is 0.556. The maximum Gasteiger partial charge on any atom is 0.242 e. The Morgan fingerprint density at radius 1 is 1.12 bits per heavy atom. The van der Waals surface area contributed by atoms with Gasteiger partial charge in [0.15, 0.2) is 5.96 Å². The van der Waals surface area contributed by atoms with Crippen molar-refractivity contribution in [3.63, 3.8) is 0 Å². The number of halogens is 1. The van der Waals surface area contributed by atoms with Crippen LogP contribution in [0.25, 0.3) is 0 Å². The number of nitrogens with zero attached hydrogens (tertiary/aromatic N) is 3. The molecule has 25 heavy (non-hydrogen) atoms. The Morgan fingerprint density at radius 2 is 1.72 bits per heavy atom. The molecule has 0 saturated carbocycles. The molecule has 0 atom stereocenters. The zero-order valence-electron chi connectivity index (χ0n) is 15.6. The average molecular weight is 459 g/mol. The number of carbonyl (C=O) groups is 1. The van der Waals surface area contributed by atoms with E-state index in [9.17, 15) is 4.79 Å². The highest BCUT2D eigenvalue weighted by atomic mass is 127. The minimum absolute atomic E-state index is 0. The van der Waals surface area contributed by atoms with Crippen molar-refractivity contribution in [2.24, 2.45) is 4.99 Å². The van der Waals surface area contributed by atoms with Crippen molar-refractivity contribution in [2.75, 3.05) is 44.7 Å². The second-order valence-electron chi connectivity index (χ2n) is 7.00. The van der Waals surface area contributed by atoms with Gasteiger partial charge in [0, 0.05) is 44.5 Å². The Hall–Kier alpha value is -1.51. The van der Waals surface area contributed by atoms with Gasteiger partial charge in [-0.25, -0.2) is 0 Å². The number of nitrogens with one attached hydrogen (secondary N) is 2. The van der Waals surface area contributed by atoms with Gasteiger partial charge >= 0.3 is 0 Å². The van der Waals surface area contributed by atoms with Crippen LogP contribution in [0.1, 0.15) is 20.8 Å². The summed E-state index contributed by atoms with van der Waals surface area (Å²) >= 11 is 0. The van der Waals surface area contributed by atoms with Crippen molar-refractivity contribution in [1.29, 1.82) is 0 Å². The first kappa shape index (κ1) is 21.5. The highest BCUT2D eigenvalue weighted by Gasteiger charge is 2.21. The summed E-state index contributed by atoms with van der Waals surface area (Å²) in [4.78, 5) is 20.8. The normalized spacial score (nSPS) is 15.4. The van der Waals surface area contributed by atoms with Crippen molar-refractivity contribution in [3.05, 3.63) is 30.3 Å². The van der Waals surface area contributed by atoms with Gasteiger partial charge in [0.2, 0.25) is 5.91 Å². The van der Waals surface area contributed by atoms with Gasteiger partial charge in [-0.3, -0.25) is 9.79 Å². The van der Waals surface area contributed by atoms with Gasteiger partial charge in [0.25, 0.3) is 0 Å². The number of piperazine rings is 1. The average Bonchev–Trinajstić information content (AvgIpc) is 2.58. The van der Waals surface area contributed by atoms with Crippen molar-refractivity contribution in [3.8, 4) is 0 Å². The fourth-order valence-electron chi connectivity index (χ4n) is 2.66. The van der Waals surface area contributed by atoms with Gasteiger partial charge < -0.3 is 20.4 Å². The van der Waals surface area contributed by atoms with E-state index in [2.05, 4.69) is 53.4 Å². The maximum atomic E-state index is 12.4. The second-order valence-corrected chi connectivity index (χ2v) is 7.00. The van der Waals surface area contributed by atoms with E-state index in [1.807, 2.05) is 23.1 Å². The third-order valence-electron chi connectivity index (χ3n) is 3.88. The number of aliphatic imine (C=N–C) groups is 1. The predicted molar refractivity (Wildman–Crippen MR) is 115 cm³/mol. The van der Waals surface area contributed by atoms with E-state index < -0.39 is 0 Å². The molecular formula is C18H30IN5O. The molecule has 1 saturated heterocycles. The third-order valence-corrected chi connectivity index (χ3v) is 3.88. The number of anilines is 1. The van der Waals surface area contributed by atoms with Gasteiger partial charge in [-0.15, -0.1) is 24.0 Å². The number of hydrogen-bond acceptors (Lipinski definition) is 3. The van der Waals surface area contributed by atoms with E-state index in [0.29, 0.717) is 5.96 Å². The molecular weight excluding hydrogens is 429 g/mol. The van der Waals surface area contributed by atoms with Crippen LogP contribution in [-0.2, 0) is 4.79 Å². The summed E-state index contributed by atoms with van der Waals surface area (Å²) in [5.41, 5.74) is 1.13. The van der Waals surface area contributed by atoms with Crippen LogP contribution in [0.2, 0.25) is 0 Å². The fourth-order valence-corrected chi connectivity index (χ4v) is 2.66. The Morgan fingerprint density at radius 3 is 2.24 bits per heavy atom. The lowest BCUT2D eigenvalue weighted by atomic mass is 10.1. The molecule has 1 amide bonds. The molecule has 2 N–H and O–H groups in total. The van der Waals surface area contributed by atoms with Crippen LogP contribution in [0.5, 0.6) is 0 Å². The Bertz CT molecular complexity index is 563. The first-order chi connectivity index (χ1) is 11.4. The molecule has 1 aliphatic rings. The number of hydrogen-bond donors (Lipinski definition) is 2. The first-order valence-electron chi connectivity index (χ1n) is 8.45. The Labute approximate surface area is 168 Å². The molecule has 0 bridgehead atoms. The van der Waals surface area contributed by atoms with E-state index in [-0.39, 0.29) is 42.0 Å². The zero-order chi connectivity index (χ0) is 17.6. The molecule has 1 heterocycles. The molecule has 6 nitrogen and oxygen atoms in total. The van der Waals surface area contributed by atoms with Crippen molar-refractivity contribution in [1.82, 2.24) is 15.5 Å². The molecule has 7 heteroatoms. The van der Waals surface area contributed by atoms with E-state index in [0.717, 1.165) is 26.2 Å². The minimum atomic E-state index is -0.0911. The molecule has 1 aliphatic heterocycles. The number of benzene rings is 1. The van der Waals surface area contributed by atoms with E-state index in [1.54, 1.807) is 7.05 Å². The Kier molecular flexibility index (Phi) is 8.47. The zero-order valence-corrected chi connectivity index (χ0v) is 17.9. The van der Waals surface area contributed by atoms with Crippen molar-refractivity contribution < 1.29 is 4.79 Å². The summed E-state index contributed by atoms with van der Waals surface area (Å²) in [7, 11) is 1.71. The summed E-state index contributed by atoms with van der Waals surface area (Å²) in [5, 5.41) is 6.35. The molecule has 1 aromatic rings. The van der Waals surface area contributed by atoms with Crippen LogP contribution in [-0.4, -0.2) is 62.1 Å². The van der Waals surface area contributed by atoms with Gasteiger partial charge in [0.1, 0.15) is 0 Å². The number of rotatable bonds is 3. The minimum Gasteiger partial charge on any atom is -0.368 e. The molecule has 0 radical (unpaired) electrons. The van der Waals surface area contributed by atoms with E-state index in [4.69, 9.17) is 0 Å². The first-order valence-corrected chi connectivity index (χ1v) is 8.45. The molecule has 1 fully saturated rings. The van der Waals surface area contributed by atoms with Crippen LogP contribution in [0, 0.1) is 0 Å². The molecule has 140 valence electrons. The van der Waals surface area contributed by atoms with Crippen LogP contribution in [0.15, 0.2) is 35.3 Å². The van der Waals surface area contributed by atoms with Gasteiger partial charge in [-0.2, -0.15) is 0 Å². The van der Waals surface area contributed by atoms with Crippen LogP contribution in [0.4, 0.5) is 5.69 Å². The number of amides is 1. The molecule has 0 aromatic heterocycles. The molecule has 0 unspecified atom stereocenters. The summed E-state index contributed by atoms with van der Waals surface area (Å²) in [5.74, 6) is 0.762. The summed E-state index contributed by atoms with van der Waals surface area (Å²) in [6.45, 7) is 9.68. The van der Waals surface area contributed by atoms with Gasteiger partial charge in [-0.05, 0) is 32.9 Å². The smallest absolute Gasteiger partial charge is 0.242 e. The molecule has 0 aliphatic carbocycles. The second kappa shape index (κ2) is 9.84. The number of para-hydroxylation sites is 1. The van der Waals surface area contributed by atoms with Crippen LogP contribution < -0.4 is 15.5 Å². The SMILES string of the molecule is CN=C(NCC(=O)N1CCN(c2ccccc2)CC1)NC(C)(C)C.I. The van der Waals surface area contributed by atoms with E-state index >= 15 is 0 Å². The predicted octanol–water partition coefficient (Wildman–Crippen LogP) is 1.92. The van der Waals surface area contributed by atoms with E-state index in [1.165, 1.54) is 5.69 Å². The summed E-state index contributed by atoms with van der Waals surface area (Å²) in [6.07, 6.45) is 0. The summed E-state index contributed by atoms with van der Waals surface area (Å²) in [6, 6.07) is 10.3. The highest BCUT2D eigenvalue weighted by molar-refractivity contribution is 14.0. The topological polar surface area (TPSA) is 60.0 Å². The number of guanidine groups is 1. The van der Waals surface area contributed by atoms with Crippen molar-refractivity contribution >= 4 is 41.5 Å². The molecule has 2 rings (SSSR count). The lowest BCUT2D eigenvalue weighted by Crippen LogP contribution is -2.53. The maximum absolute atomic E-state index is 12.4. The highest BCUT2D eigenvalue weighted by Crippen LogP contribution is 2.15. The summed E-state index contributed by atoms with van der Waals surface area (Å²) < 4.78 is 0. The van der Waals surface area contributed by atoms with Gasteiger partial charge in [0.05, 0.1) is 6.54 Å². The molecule has 1 aromatic carbocycles. The Balaban J connectivity index is 0.00000312. The largest absolute Gasteiger partial charge is 0.368 e. The third kappa shape index (κ3) is 7.09. The lowest BCUT2D eigenvalue weighted by molar-refractivity contribution is -0.130. The van der Waals surface area contributed by atoms with Crippen LogP contribution >= 0.6 is 24.0 Å². The van der Waals surface area contributed by atoms with Crippen LogP contribution in [0.3, 0.4) is 0 Å².